The molecule has 1 heterocycles. The summed E-state index contributed by atoms with van der Waals surface area (Å²) in [5.41, 5.74) is 1.17. The van der Waals surface area contributed by atoms with Crippen LogP contribution in [0.3, 0.4) is 0 Å². The first-order valence-electron chi connectivity index (χ1n) is 7.54. The van der Waals surface area contributed by atoms with Crippen LogP contribution >= 0.6 is 0 Å². The van der Waals surface area contributed by atoms with Gasteiger partial charge in [-0.3, -0.25) is 0 Å². The molecule has 1 saturated heterocycles. The van der Waals surface area contributed by atoms with E-state index < -0.39 is 0 Å². The van der Waals surface area contributed by atoms with Crippen molar-refractivity contribution in [2.45, 2.75) is 26.3 Å². The molecule has 2 N–H and O–H groups in total. The third-order valence-electron chi connectivity index (χ3n) is 3.77. The summed E-state index contributed by atoms with van der Waals surface area (Å²) in [5.74, 6) is 2.62. The Kier molecular flexibility index (Phi) is 6.15. The summed E-state index contributed by atoms with van der Waals surface area (Å²) in [6, 6.07) is 5.99. The highest BCUT2D eigenvalue weighted by Crippen LogP contribution is 2.24. The lowest BCUT2D eigenvalue weighted by Crippen LogP contribution is -2.33. The molecule has 0 aliphatic carbocycles. The molecule has 0 unspecified atom stereocenters. The fourth-order valence-corrected chi connectivity index (χ4v) is 2.61. The molecule has 0 radical (unpaired) electrons. The molecule has 4 nitrogen and oxygen atoms in total. The molecule has 1 aliphatic rings. The summed E-state index contributed by atoms with van der Waals surface area (Å²) in [6.45, 7) is 6.90. The molecule has 0 bridgehead atoms. The van der Waals surface area contributed by atoms with Crippen molar-refractivity contribution in [1.82, 2.24) is 10.6 Å². The summed E-state index contributed by atoms with van der Waals surface area (Å²) in [7, 11) is 1.70. The van der Waals surface area contributed by atoms with Gasteiger partial charge in [0.05, 0.1) is 13.7 Å². The van der Waals surface area contributed by atoms with Crippen molar-refractivity contribution in [3.63, 3.8) is 0 Å². The summed E-state index contributed by atoms with van der Waals surface area (Å²) < 4.78 is 11.0. The molecule has 1 fully saturated rings. The van der Waals surface area contributed by atoms with Crippen LogP contribution in [0.25, 0.3) is 0 Å². The van der Waals surface area contributed by atoms with E-state index >= 15 is 0 Å². The van der Waals surface area contributed by atoms with Crippen molar-refractivity contribution >= 4 is 0 Å². The number of nitrogens with one attached hydrogen (secondary N) is 2. The first-order valence-corrected chi connectivity index (χ1v) is 7.54. The smallest absolute Gasteiger partial charge is 0.124 e. The molecule has 4 heteroatoms. The van der Waals surface area contributed by atoms with Crippen LogP contribution in [0, 0.1) is 5.92 Å². The van der Waals surface area contributed by atoms with E-state index in [2.05, 4.69) is 16.7 Å². The molecule has 1 aliphatic heterocycles. The lowest BCUT2D eigenvalue weighted by atomic mass is 9.98. The van der Waals surface area contributed by atoms with Crippen LogP contribution in [-0.4, -0.2) is 33.4 Å². The molecule has 0 amide bonds. The minimum atomic E-state index is 0.688. The molecule has 0 atom stereocenters. The second-order valence-electron chi connectivity index (χ2n) is 5.23. The van der Waals surface area contributed by atoms with E-state index in [1.54, 1.807) is 7.11 Å². The maximum Gasteiger partial charge on any atom is 0.124 e. The zero-order chi connectivity index (χ0) is 14.2. The summed E-state index contributed by atoms with van der Waals surface area (Å²) in [4.78, 5) is 0. The monoisotopic (exact) mass is 278 g/mol. The van der Waals surface area contributed by atoms with Gasteiger partial charge in [-0.15, -0.1) is 0 Å². The standard InChI is InChI=1S/C16H26N2O2/c1-3-20-16-5-4-15(19-2)10-14(16)12-18-11-13-6-8-17-9-7-13/h4-5,10,13,17-18H,3,6-9,11-12H2,1-2H3. The fourth-order valence-electron chi connectivity index (χ4n) is 2.61. The van der Waals surface area contributed by atoms with Gasteiger partial charge in [-0.2, -0.15) is 0 Å². The predicted octanol–water partition coefficient (Wildman–Crippen LogP) is 2.18. The lowest BCUT2D eigenvalue weighted by Gasteiger charge is -2.23. The van der Waals surface area contributed by atoms with Crippen molar-refractivity contribution in [3.8, 4) is 11.5 Å². The molecule has 112 valence electrons. The van der Waals surface area contributed by atoms with Crippen LogP contribution in [0.15, 0.2) is 18.2 Å². The number of methoxy groups -OCH3 is 1. The topological polar surface area (TPSA) is 42.5 Å². The second kappa shape index (κ2) is 8.12. The molecule has 2 rings (SSSR count). The van der Waals surface area contributed by atoms with Gasteiger partial charge >= 0.3 is 0 Å². The molecule has 0 aromatic heterocycles. The minimum absolute atomic E-state index is 0.688. The number of ether oxygens (including phenoxy) is 2. The molecular weight excluding hydrogens is 252 g/mol. The zero-order valence-corrected chi connectivity index (χ0v) is 12.6. The first kappa shape index (κ1) is 15.1. The minimum Gasteiger partial charge on any atom is -0.497 e. The normalized spacial score (nSPS) is 16.1. The van der Waals surface area contributed by atoms with Gasteiger partial charge in [-0.1, -0.05) is 0 Å². The Morgan fingerprint density at radius 1 is 1.30 bits per heavy atom. The van der Waals surface area contributed by atoms with Gasteiger partial charge in [0.2, 0.25) is 0 Å². The van der Waals surface area contributed by atoms with Crippen molar-refractivity contribution in [2.24, 2.45) is 5.92 Å². The quantitative estimate of drug-likeness (QED) is 0.802. The zero-order valence-electron chi connectivity index (χ0n) is 12.6. The number of piperidine rings is 1. The summed E-state index contributed by atoms with van der Waals surface area (Å²) in [5, 5.41) is 6.96. The molecule has 1 aromatic carbocycles. The van der Waals surface area contributed by atoms with Crippen molar-refractivity contribution in [3.05, 3.63) is 23.8 Å². The van der Waals surface area contributed by atoms with Gasteiger partial charge in [0.25, 0.3) is 0 Å². The molecule has 0 spiro atoms. The van der Waals surface area contributed by atoms with E-state index in [1.165, 1.54) is 18.4 Å². The maximum atomic E-state index is 5.67. The van der Waals surface area contributed by atoms with Gasteiger partial charge in [0.15, 0.2) is 0 Å². The van der Waals surface area contributed by atoms with Gasteiger partial charge in [0.1, 0.15) is 11.5 Å². The first-order chi connectivity index (χ1) is 9.83. The Labute approximate surface area is 121 Å². The van der Waals surface area contributed by atoms with E-state index in [0.717, 1.165) is 43.6 Å². The van der Waals surface area contributed by atoms with Crippen molar-refractivity contribution in [2.75, 3.05) is 33.4 Å². The van der Waals surface area contributed by atoms with Gasteiger partial charge in [-0.25, -0.2) is 0 Å². The molecule has 20 heavy (non-hydrogen) atoms. The van der Waals surface area contributed by atoms with Crippen LogP contribution in [0.4, 0.5) is 0 Å². The van der Waals surface area contributed by atoms with E-state index in [1.807, 2.05) is 19.1 Å². The van der Waals surface area contributed by atoms with E-state index in [4.69, 9.17) is 9.47 Å². The SMILES string of the molecule is CCOc1ccc(OC)cc1CNCC1CCNCC1. The third kappa shape index (κ3) is 4.39. The van der Waals surface area contributed by atoms with E-state index in [-0.39, 0.29) is 0 Å². The molecule has 0 saturated carbocycles. The van der Waals surface area contributed by atoms with Crippen LogP contribution in [0.2, 0.25) is 0 Å². The van der Waals surface area contributed by atoms with E-state index in [9.17, 15) is 0 Å². The second-order valence-corrected chi connectivity index (χ2v) is 5.23. The Bertz CT molecular complexity index is 403. The summed E-state index contributed by atoms with van der Waals surface area (Å²) >= 11 is 0. The number of rotatable bonds is 7. The van der Waals surface area contributed by atoms with Crippen LogP contribution in [0.1, 0.15) is 25.3 Å². The Morgan fingerprint density at radius 2 is 2.10 bits per heavy atom. The number of hydrogen-bond acceptors (Lipinski definition) is 4. The predicted molar refractivity (Wildman–Crippen MR) is 81.5 cm³/mol. The summed E-state index contributed by atoms with van der Waals surface area (Å²) in [6.07, 6.45) is 2.53. The average molecular weight is 278 g/mol. The fraction of sp³-hybridized carbons (Fsp3) is 0.625. The van der Waals surface area contributed by atoms with Gasteiger partial charge in [0, 0.05) is 12.1 Å². The van der Waals surface area contributed by atoms with Gasteiger partial charge in [-0.05, 0) is 63.5 Å². The maximum absolute atomic E-state index is 5.67. The van der Waals surface area contributed by atoms with Crippen molar-refractivity contribution in [1.29, 1.82) is 0 Å². The highest BCUT2D eigenvalue weighted by Gasteiger charge is 2.13. The van der Waals surface area contributed by atoms with Crippen molar-refractivity contribution < 1.29 is 9.47 Å². The Balaban J connectivity index is 1.89. The number of benzene rings is 1. The highest BCUT2D eigenvalue weighted by atomic mass is 16.5. The third-order valence-corrected chi connectivity index (χ3v) is 3.77. The van der Waals surface area contributed by atoms with Gasteiger partial charge < -0.3 is 20.1 Å². The average Bonchev–Trinajstić information content (AvgIpc) is 2.50. The highest BCUT2D eigenvalue weighted by molar-refractivity contribution is 5.40. The number of hydrogen-bond donors (Lipinski definition) is 2. The van der Waals surface area contributed by atoms with Crippen LogP contribution in [0.5, 0.6) is 11.5 Å². The molecular formula is C16H26N2O2. The van der Waals surface area contributed by atoms with Crippen LogP contribution in [-0.2, 0) is 6.54 Å². The van der Waals surface area contributed by atoms with E-state index in [0.29, 0.717) is 6.61 Å². The Hall–Kier alpha value is -1.26. The lowest BCUT2D eigenvalue weighted by molar-refractivity contribution is 0.330. The molecule has 1 aromatic rings. The largest absolute Gasteiger partial charge is 0.497 e. The van der Waals surface area contributed by atoms with Crippen LogP contribution < -0.4 is 20.1 Å². The Morgan fingerprint density at radius 3 is 2.80 bits per heavy atom.